The van der Waals surface area contributed by atoms with Crippen LogP contribution in [-0.2, 0) is 23.4 Å². The number of hydrogen-bond donors (Lipinski definition) is 2. The van der Waals surface area contributed by atoms with Crippen LogP contribution in [0.1, 0.15) is 46.9 Å². The fourth-order valence-electron chi connectivity index (χ4n) is 5.45. The molecule has 0 saturated carbocycles. The molecule has 1 atom stereocenters. The molecule has 0 unspecified atom stereocenters. The molecule has 5 heterocycles. The highest BCUT2D eigenvalue weighted by Crippen LogP contribution is 2.39. The highest BCUT2D eigenvalue weighted by atomic mass is 19.1. The molecule has 1 fully saturated rings. The number of anilines is 2. The number of ether oxygens (including phenoxy) is 1. The number of imidazole rings is 1. The van der Waals surface area contributed by atoms with Crippen molar-refractivity contribution in [2.45, 2.75) is 38.5 Å². The third kappa shape index (κ3) is 4.14. The molecule has 1 saturated heterocycles. The van der Waals surface area contributed by atoms with Gasteiger partial charge < -0.3 is 20.3 Å². The highest BCUT2D eigenvalue weighted by Gasteiger charge is 2.34. The molecule has 37 heavy (non-hydrogen) atoms. The Balaban J connectivity index is 1.39. The summed E-state index contributed by atoms with van der Waals surface area (Å²) in [4.78, 5) is 24.3. The highest BCUT2D eigenvalue weighted by molar-refractivity contribution is 6.06. The SMILES string of the molecule is CN(C)Cc1nc(Nc2ccc(-c3cnc4cc(F)ccn34)c3c2C(=O)NC3)ccc1[C@]1(C)CCCO1. The van der Waals surface area contributed by atoms with Crippen molar-refractivity contribution in [1.82, 2.24) is 24.6 Å². The van der Waals surface area contributed by atoms with Gasteiger partial charge in [-0.15, -0.1) is 0 Å². The van der Waals surface area contributed by atoms with Gasteiger partial charge in [0.05, 0.1) is 34.4 Å². The van der Waals surface area contributed by atoms with Gasteiger partial charge in [-0.2, -0.15) is 0 Å². The fourth-order valence-corrected chi connectivity index (χ4v) is 5.45. The molecule has 0 bridgehead atoms. The Hall–Kier alpha value is -3.82. The zero-order valence-corrected chi connectivity index (χ0v) is 21.1. The lowest BCUT2D eigenvalue weighted by atomic mass is 9.91. The Kier molecular flexibility index (Phi) is 5.69. The molecule has 4 aromatic rings. The number of pyridine rings is 2. The average Bonchev–Trinajstić information content (AvgIpc) is 3.58. The van der Waals surface area contributed by atoms with Crippen molar-refractivity contribution in [2.24, 2.45) is 0 Å². The van der Waals surface area contributed by atoms with Crippen LogP contribution in [0.2, 0.25) is 0 Å². The molecule has 1 aromatic carbocycles. The van der Waals surface area contributed by atoms with E-state index >= 15 is 0 Å². The van der Waals surface area contributed by atoms with E-state index in [0.717, 1.165) is 47.5 Å². The number of aromatic nitrogens is 3. The van der Waals surface area contributed by atoms with Crippen LogP contribution in [0.25, 0.3) is 16.9 Å². The third-order valence-electron chi connectivity index (χ3n) is 7.21. The largest absolute Gasteiger partial charge is 0.371 e. The molecule has 0 spiro atoms. The van der Waals surface area contributed by atoms with E-state index in [1.807, 2.05) is 36.7 Å². The van der Waals surface area contributed by atoms with Gasteiger partial charge in [0.15, 0.2) is 0 Å². The second-order valence-corrected chi connectivity index (χ2v) is 10.1. The molecular formula is C28H29FN6O2. The molecule has 9 heteroatoms. The lowest BCUT2D eigenvalue weighted by Gasteiger charge is -2.27. The van der Waals surface area contributed by atoms with Crippen LogP contribution < -0.4 is 10.6 Å². The van der Waals surface area contributed by atoms with E-state index in [4.69, 9.17) is 9.72 Å². The summed E-state index contributed by atoms with van der Waals surface area (Å²) < 4.78 is 21.6. The van der Waals surface area contributed by atoms with E-state index in [0.29, 0.717) is 35.8 Å². The summed E-state index contributed by atoms with van der Waals surface area (Å²) in [6.07, 6.45) is 5.36. The number of hydrogen-bond acceptors (Lipinski definition) is 6. The number of benzene rings is 1. The van der Waals surface area contributed by atoms with E-state index in [2.05, 4.69) is 33.5 Å². The first-order chi connectivity index (χ1) is 17.8. The quantitative estimate of drug-likeness (QED) is 0.402. The van der Waals surface area contributed by atoms with Gasteiger partial charge in [-0.05, 0) is 57.6 Å². The number of amides is 1. The third-order valence-corrected chi connectivity index (χ3v) is 7.21. The molecule has 3 aromatic heterocycles. The molecule has 2 N–H and O–H groups in total. The molecular weight excluding hydrogens is 471 g/mol. The van der Waals surface area contributed by atoms with E-state index in [9.17, 15) is 9.18 Å². The minimum absolute atomic E-state index is 0.142. The van der Waals surface area contributed by atoms with Crippen LogP contribution in [-0.4, -0.2) is 45.9 Å². The van der Waals surface area contributed by atoms with Crippen LogP contribution in [0.3, 0.4) is 0 Å². The van der Waals surface area contributed by atoms with Crippen molar-refractivity contribution >= 4 is 23.1 Å². The predicted octanol–water partition coefficient (Wildman–Crippen LogP) is 4.61. The zero-order chi connectivity index (χ0) is 25.7. The average molecular weight is 501 g/mol. The van der Waals surface area contributed by atoms with Crippen LogP contribution in [0, 0.1) is 5.82 Å². The van der Waals surface area contributed by atoms with Gasteiger partial charge in [-0.3, -0.25) is 9.20 Å². The van der Waals surface area contributed by atoms with Gasteiger partial charge in [-0.1, -0.05) is 12.1 Å². The number of rotatable bonds is 6. The molecule has 0 radical (unpaired) electrons. The Bertz CT molecular complexity index is 1520. The Labute approximate surface area is 214 Å². The van der Waals surface area contributed by atoms with E-state index in [1.165, 1.54) is 12.1 Å². The first-order valence-electron chi connectivity index (χ1n) is 12.5. The summed E-state index contributed by atoms with van der Waals surface area (Å²) in [6, 6.07) is 10.7. The maximum Gasteiger partial charge on any atom is 0.254 e. The molecule has 1 amide bonds. The Morgan fingerprint density at radius 2 is 2.11 bits per heavy atom. The van der Waals surface area contributed by atoms with E-state index in [1.54, 1.807) is 12.4 Å². The topological polar surface area (TPSA) is 83.8 Å². The minimum atomic E-state index is -0.341. The number of nitrogens with zero attached hydrogens (tertiary/aromatic N) is 4. The molecule has 6 rings (SSSR count). The van der Waals surface area contributed by atoms with Gasteiger partial charge >= 0.3 is 0 Å². The maximum absolute atomic E-state index is 13.7. The van der Waals surface area contributed by atoms with Crippen molar-refractivity contribution < 1.29 is 13.9 Å². The van der Waals surface area contributed by atoms with Crippen LogP contribution in [0.15, 0.2) is 48.8 Å². The summed E-state index contributed by atoms with van der Waals surface area (Å²) in [5.74, 6) is 0.185. The Morgan fingerprint density at radius 1 is 1.24 bits per heavy atom. The van der Waals surface area contributed by atoms with Crippen molar-refractivity contribution in [3.05, 3.63) is 77.0 Å². The van der Waals surface area contributed by atoms with E-state index in [-0.39, 0.29) is 17.3 Å². The molecule has 2 aliphatic heterocycles. The number of halogens is 1. The lowest BCUT2D eigenvalue weighted by molar-refractivity contribution is 0.0154. The summed E-state index contributed by atoms with van der Waals surface area (Å²) >= 11 is 0. The van der Waals surface area contributed by atoms with Crippen molar-refractivity contribution in [3.8, 4) is 11.3 Å². The molecule has 190 valence electrons. The van der Waals surface area contributed by atoms with E-state index < -0.39 is 0 Å². The zero-order valence-electron chi connectivity index (χ0n) is 21.1. The molecule has 0 aliphatic carbocycles. The number of carbonyl (C=O) groups is 1. The monoisotopic (exact) mass is 500 g/mol. The van der Waals surface area contributed by atoms with Gasteiger partial charge in [0.25, 0.3) is 5.91 Å². The standard InChI is InChI=1S/C28H29FN6O2/c1-28(10-4-12-37-28)20-6-8-24(33-22(20)16-34(2)3)32-21-7-5-18(19-14-31-27(36)26(19)21)23-15-30-25-13-17(29)9-11-35(23)25/h5-9,11,13,15H,4,10,12,14,16H2,1-3H3,(H,31,36)(H,32,33)/t28-/m0/s1. The lowest BCUT2D eigenvalue weighted by Crippen LogP contribution is -2.25. The van der Waals surface area contributed by atoms with Crippen LogP contribution in [0.4, 0.5) is 15.9 Å². The number of fused-ring (bicyclic) bond motifs is 2. The van der Waals surface area contributed by atoms with Gasteiger partial charge in [0.1, 0.15) is 17.3 Å². The van der Waals surface area contributed by atoms with Crippen LogP contribution in [0.5, 0.6) is 0 Å². The summed E-state index contributed by atoms with van der Waals surface area (Å²) in [5.41, 5.74) is 6.06. The Morgan fingerprint density at radius 3 is 2.89 bits per heavy atom. The van der Waals surface area contributed by atoms with Gasteiger partial charge in [-0.25, -0.2) is 14.4 Å². The van der Waals surface area contributed by atoms with Crippen molar-refractivity contribution in [2.75, 3.05) is 26.0 Å². The van der Waals surface area contributed by atoms with Crippen LogP contribution >= 0.6 is 0 Å². The smallest absolute Gasteiger partial charge is 0.254 e. The van der Waals surface area contributed by atoms with Crippen molar-refractivity contribution in [1.29, 1.82) is 0 Å². The van der Waals surface area contributed by atoms with Gasteiger partial charge in [0.2, 0.25) is 0 Å². The summed E-state index contributed by atoms with van der Waals surface area (Å²) in [6.45, 7) is 3.97. The summed E-state index contributed by atoms with van der Waals surface area (Å²) in [5, 5.41) is 6.34. The predicted molar refractivity (Wildman–Crippen MR) is 139 cm³/mol. The fraction of sp³-hybridized carbons (Fsp3) is 0.321. The van der Waals surface area contributed by atoms with Gasteiger partial charge in [0, 0.05) is 43.1 Å². The normalized spacial score (nSPS) is 19.0. The second kappa shape index (κ2) is 8.93. The second-order valence-electron chi connectivity index (χ2n) is 10.1. The first-order valence-corrected chi connectivity index (χ1v) is 12.5. The van der Waals surface area contributed by atoms with Crippen molar-refractivity contribution in [3.63, 3.8) is 0 Å². The first kappa shape index (κ1) is 23.6. The summed E-state index contributed by atoms with van der Waals surface area (Å²) in [7, 11) is 4.04. The number of nitrogens with one attached hydrogen (secondary N) is 2. The molecule has 8 nitrogen and oxygen atoms in total. The maximum atomic E-state index is 13.7. The minimum Gasteiger partial charge on any atom is -0.371 e. The molecule has 2 aliphatic rings. The number of carbonyl (C=O) groups excluding carboxylic acids is 1.